The van der Waals surface area contributed by atoms with Crippen molar-refractivity contribution in [1.29, 1.82) is 0 Å². The van der Waals surface area contributed by atoms with E-state index in [1.54, 1.807) is 31.2 Å². The first-order valence-corrected chi connectivity index (χ1v) is 6.16. The third kappa shape index (κ3) is 3.32. The van der Waals surface area contributed by atoms with Gasteiger partial charge in [-0.2, -0.15) is 0 Å². The molecular weight excluding hydrogens is 267 g/mol. The number of hydrogen-bond acceptors (Lipinski definition) is 2. The third-order valence-corrected chi connectivity index (χ3v) is 2.94. The Hall–Kier alpha value is -1.87. The minimum Gasteiger partial charge on any atom is -0.482 e. The SMILES string of the molecule is CC(Oc1ccc(Cl)c(F)c1)C(=O)c1ccccc1. The van der Waals surface area contributed by atoms with Crippen LogP contribution in [0.15, 0.2) is 48.5 Å². The maximum atomic E-state index is 13.3. The molecule has 0 aliphatic heterocycles. The fourth-order valence-corrected chi connectivity index (χ4v) is 1.76. The summed E-state index contributed by atoms with van der Waals surface area (Å²) >= 11 is 5.58. The van der Waals surface area contributed by atoms with Crippen LogP contribution in [0.5, 0.6) is 5.75 Å². The summed E-state index contributed by atoms with van der Waals surface area (Å²) in [5, 5.41) is 0.0226. The second-order valence-electron chi connectivity index (χ2n) is 4.07. The molecule has 19 heavy (non-hydrogen) atoms. The van der Waals surface area contributed by atoms with Crippen LogP contribution in [-0.4, -0.2) is 11.9 Å². The lowest BCUT2D eigenvalue weighted by molar-refractivity contribution is 0.0817. The Balaban J connectivity index is 2.10. The first-order chi connectivity index (χ1) is 9.08. The molecule has 0 bridgehead atoms. The number of rotatable bonds is 4. The smallest absolute Gasteiger partial charge is 0.202 e. The van der Waals surface area contributed by atoms with E-state index in [4.69, 9.17) is 16.3 Å². The molecule has 0 aromatic heterocycles. The van der Waals surface area contributed by atoms with Crippen LogP contribution in [-0.2, 0) is 0 Å². The molecule has 1 atom stereocenters. The molecule has 0 amide bonds. The standard InChI is InChI=1S/C15H12ClFO2/c1-10(15(18)11-5-3-2-4-6-11)19-12-7-8-13(16)14(17)9-12/h2-10H,1H3. The lowest BCUT2D eigenvalue weighted by Gasteiger charge is -2.14. The number of ketones is 1. The molecule has 2 aromatic carbocycles. The zero-order valence-electron chi connectivity index (χ0n) is 10.3. The first kappa shape index (κ1) is 13.6. The van der Waals surface area contributed by atoms with E-state index in [-0.39, 0.29) is 16.6 Å². The summed E-state index contributed by atoms with van der Waals surface area (Å²) in [5.41, 5.74) is 0.560. The summed E-state index contributed by atoms with van der Waals surface area (Å²) in [6.07, 6.45) is -0.692. The normalized spacial score (nSPS) is 11.9. The lowest BCUT2D eigenvalue weighted by Crippen LogP contribution is -2.23. The summed E-state index contributed by atoms with van der Waals surface area (Å²) in [5.74, 6) is -0.451. The number of hydrogen-bond donors (Lipinski definition) is 0. The average molecular weight is 279 g/mol. The van der Waals surface area contributed by atoms with Gasteiger partial charge in [-0.15, -0.1) is 0 Å². The zero-order valence-corrected chi connectivity index (χ0v) is 11.0. The fourth-order valence-electron chi connectivity index (χ4n) is 1.64. The Morgan fingerprint density at radius 1 is 1.21 bits per heavy atom. The Morgan fingerprint density at radius 2 is 1.89 bits per heavy atom. The molecule has 0 radical (unpaired) electrons. The summed E-state index contributed by atoms with van der Waals surface area (Å²) in [6.45, 7) is 1.63. The van der Waals surface area contributed by atoms with Crippen LogP contribution in [0.4, 0.5) is 4.39 Å². The van der Waals surface area contributed by atoms with Gasteiger partial charge in [-0.25, -0.2) is 4.39 Å². The molecular formula is C15H12ClFO2. The van der Waals surface area contributed by atoms with Gasteiger partial charge in [-0.3, -0.25) is 4.79 Å². The van der Waals surface area contributed by atoms with Gasteiger partial charge in [-0.05, 0) is 19.1 Å². The molecule has 1 unspecified atom stereocenters. The molecule has 0 aliphatic carbocycles. The lowest BCUT2D eigenvalue weighted by atomic mass is 10.1. The molecule has 2 aromatic rings. The summed E-state index contributed by atoms with van der Waals surface area (Å²) < 4.78 is 18.7. The van der Waals surface area contributed by atoms with Gasteiger partial charge < -0.3 is 4.74 Å². The van der Waals surface area contributed by atoms with E-state index in [0.29, 0.717) is 5.56 Å². The highest BCUT2D eigenvalue weighted by Crippen LogP contribution is 2.21. The Labute approximate surface area is 115 Å². The molecule has 2 rings (SSSR count). The number of carbonyl (C=O) groups excluding carboxylic acids is 1. The topological polar surface area (TPSA) is 26.3 Å². The molecule has 0 saturated heterocycles. The summed E-state index contributed by atoms with van der Waals surface area (Å²) in [4.78, 5) is 12.1. The van der Waals surface area contributed by atoms with Crippen molar-refractivity contribution in [3.63, 3.8) is 0 Å². The number of carbonyl (C=O) groups is 1. The van der Waals surface area contributed by atoms with E-state index in [0.717, 1.165) is 6.07 Å². The minimum atomic E-state index is -0.692. The quantitative estimate of drug-likeness (QED) is 0.786. The van der Waals surface area contributed by atoms with Crippen LogP contribution >= 0.6 is 11.6 Å². The third-order valence-electron chi connectivity index (χ3n) is 2.63. The summed E-state index contributed by atoms with van der Waals surface area (Å²) in [7, 11) is 0. The molecule has 0 fully saturated rings. The van der Waals surface area contributed by atoms with Crippen molar-refractivity contribution in [2.24, 2.45) is 0 Å². The predicted molar refractivity (Wildman–Crippen MR) is 72.3 cm³/mol. The van der Waals surface area contributed by atoms with Crippen molar-refractivity contribution >= 4 is 17.4 Å². The van der Waals surface area contributed by atoms with E-state index >= 15 is 0 Å². The van der Waals surface area contributed by atoms with Gasteiger partial charge in [0.1, 0.15) is 11.6 Å². The van der Waals surface area contributed by atoms with E-state index in [2.05, 4.69) is 0 Å². The van der Waals surface area contributed by atoms with Crippen LogP contribution < -0.4 is 4.74 Å². The maximum absolute atomic E-state index is 13.3. The van der Waals surface area contributed by atoms with E-state index in [1.807, 2.05) is 6.07 Å². The maximum Gasteiger partial charge on any atom is 0.202 e. The molecule has 0 N–H and O–H groups in total. The predicted octanol–water partition coefficient (Wildman–Crippen LogP) is 4.13. The van der Waals surface area contributed by atoms with Gasteiger partial charge in [0.05, 0.1) is 5.02 Å². The summed E-state index contributed by atoms with van der Waals surface area (Å²) in [6, 6.07) is 12.9. The van der Waals surface area contributed by atoms with Crippen molar-refractivity contribution < 1.29 is 13.9 Å². The number of ether oxygens (including phenoxy) is 1. The largest absolute Gasteiger partial charge is 0.482 e. The average Bonchev–Trinajstić information content (AvgIpc) is 2.43. The van der Waals surface area contributed by atoms with Gasteiger partial charge >= 0.3 is 0 Å². The highest BCUT2D eigenvalue weighted by Gasteiger charge is 2.17. The van der Waals surface area contributed by atoms with Crippen LogP contribution in [0.2, 0.25) is 5.02 Å². The molecule has 2 nitrogen and oxygen atoms in total. The molecule has 0 saturated carbocycles. The molecule has 0 spiro atoms. The van der Waals surface area contributed by atoms with Crippen molar-refractivity contribution in [3.05, 3.63) is 64.9 Å². The first-order valence-electron chi connectivity index (χ1n) is 5.79. The highest BCUT2D eigenvalue weighted by molar-refractivity contribution is 6.30. The second-order valence-corrected chi connectivity index (χ2v) is 4.47. The number of Topliss-reactive ketones (excluding diaryl/α,β-unsaturated/α-hetero) is 1. The van der Waals surface area contributed by atoms with Crippen LogP contribution in [0.3, 0.4) is 0 Å². The van der Waals surface area contributed by atoms with Gasteiger partial charge in [-0.1, -0.05) is 41.9 Å². The van der Waals surface area contributed by atoms with Crippen LogP contribution in [0.25, 0.3) is 0 Å². The molecule has 0 aliphatic rings. The van der Waals surface area contributed by atoms with Gasteiger partial charge in [0, 0.05) is 11.6 Å². The minimum absolute atomic E-state index is 0.0226. The van der Waals surface area contributed by atoms with E-state index in [1.165, 1.54) is 12.1 Å². The monoisotopic (exact) mass is 278 g/mol. The second kappa shape index (κ2) is 5.85. The number of benzene rings is 2. The van der Waals surface area contributed by atoms with Crippen LogP contribution in [0.1, 0.15) is 17.3 Å². The van der Waals surface area contributed by atoms with Crippen LogP contribution in [0, 0.1) is 5.82 Å². The molecule has 4 heteroatoms. The number of halogens is 2. The van der Waals surface area contributed by atoms with Gasteiger partial charge in [0.2, 0.25) is 5.78 Å². The van der Waals surface area contributed by atoms with Crippen molar-refractivity contribution in [2.45, 2.75) is 13.0 Å². The van der Waals surface area contributed by atoms with E-state index in [9.17, 15) is 9.18 Å². The van der Waals surface area contributed by atoms with Gasteiger partial charge in [0.25, 0.3) is 0 Å². The van der Waals surface area contributed by atoms with Gasteiger partial charge in [0.15, 0.2) is 6.10 Å². The Morgan fingerprint density at radius 3 is 2.53 bits per heavy atom. The van der Waals surface area contributed by atoms with Crippen molar-refractivity contribution in [2.75, 3.05) is 0 Å². The highest BCUT2D eigenvalue weighted by atomic mass is 35.5. The fraction of sp³-hybridized carbons (Fsp3) is 0.133. The molecule has 0 heterocycles. The Kier molecular flexibility index (Phi) is 4.17. The Bertz CT molecular complexity index is 584. The van der Waals surface area contributed by atoms with Crippen molar-refractivity contribution in [1.82, 2.24) is 0 Å². The van der Waals surface area contributed by atoms with E-state index < -0.39 is 11.9 Å². The van der Waals surface area contributed by atoms with Crippen molar-refractivity contribution in [3.8, 4) is 5.75 Å². The molecule has 98 valence electrons. The zero-order chi connectivity index (χ0) is 13.8.